The molecule has 1 aromatic carbocycles. The molecule has 2 aromatic rings. The minimum absolute atomic E-state index is 0.0238. The Morgan fingerprint density at radius 1 is 1.30 bits per heavy atom. The number of rotatable bonds is 4. The van der Waals surface area contributed by atoms with E-state index in [-0.39, 0.29) is 5.91 Å². The standard InChI is InChI=1S/C15H18N2O2S/c18-15(16-5-6-17-7-9-19-10-8-17)13-11-20-14-4-2-1-3-12(13)14/h1-4,11H,5-10H2,(H,16,18). The van der Waals surface area contributed by atoms with Gasteiger partial charge in [0, 0.05) is 41.6 Å². The van der Waals surface area contributed by atoms with Gasteiger partial charge in [-0.15, -0.1) is 11.3 Å². The number of thiophene rings is 1. The van der Waals surface area contributed by atoms with E-state index in [9.17, 15) is 4.79 Å². The van der Waals surface area contributed by atoms with Crippen LogP contribution in [0.15, 0.2) is 29.6 Å². The molecule has 2 heterocycles. The molecule has 1 saturated heterocycles. The molecule has 4 nitrogen and oxygen atoms in total. The highest BCUT2D eigenvalue weighted by Crippen LogP contribution is 2.25. The molecule has 1 fully saturated rings. The third-order valence-electron chi connectivity index (χ3n) is 3.54. The van der Waals surface area contributed by atoms with Crippen molar-refractivity contribution in [2.45, 2.75) is 0 Å². The van der Waals surface area contributed by atoms with Crippen molar-refractivity contribution < 1.29 is 9.53 Å². The number of carbonyl (C=O) groups excluding carboxylic acids is 1. The lowest BCUT2D eigenvalue weighted by Crippen LogP contribution is -2.41. The van der Waals surface area contributed by atoms with E-state index in [1.54, 1.807) is 11.3 Å². The topological polar surface area (TPSA) is 41.6 Å². The zero-order chi connectivity index (χ0) is 13.8. The molecule has 0 bridgehead atoms. The van der Waals surface area contributed by atoms with Crippen molar-refractivity contribution in [3.63, 3.8) is 0 Å². The number of hydrogen-bond donors (Lipinski definition) is 1. The van der Waals surface area contributed by atoms with Crippen LogP contribution in [0.3, 0.4) is 0 Å². The average Bonchev–Trinajstić information content (AvgIpc) is 2.92. The highest BCUT2D eigenvalue weighted by Gasteiger charge is 2.13. The van der Waals surface area contributed by atoms with Crippen LogP contribution in [0.25, 0.3) is 10.1 Å². The molecule has 1 amide bonds. The fraction of sp³-hybridized carbons (Fsp3) is 0.400. The molecule has 1 aromatic heterocycles. The third-order valence-corrected chi connectivity index (χ3v) is 4.51. The van der Waals surface area contributed by atoms with E-state index in [1.807, 2.05) is 29.6 Å². The quantitative estimate of drug-likeness (QED) is 0.936. The Bertz CT molecular complexity index is 590. The summed E-state index contributed by atoms with van der Waals surface area (Å²) in [5, 5.41) is 5.99. The highest BCUT2D eigenvalue weighted by molar-refractivity contribution is 7.17. The molecule has 1 N–H and O–H groups in total. The van der Waals surface area contributed by atoms with Gasteiger partial charge in [0.25, 0.3) is 5.91 Å². The van der Waals surface area contributed by atoms with Crippen molar-refractivity contribution in [3.8, 4) is 0 Å². The number of fused-ring (bicyclic) bond motifs is 1. The minimum atomic E-state index is 0.0238. The van der Waals surface area contributed by atoms with Gasteiger partial charge < -0.3 is 10.1 Å². The summed E-state index contributed by atoms with van der Waals surface area (Å²) in [6.45, 7) is 5.07. The Morgan fingerprint density at radius 3 is 2.95 bits per heavy atom. The molecule has 0 spiro atoms. The molecule has 5 heteroatoms. The number of nitrogens with one attached hydrogen (secondary N) is 1. The Morgan fingerprint density at radius 2 is 2.10 bits per heavy atom. The van der Waals surface area contributed by atoms with Crippen LogP contribution >= 0.6 is 11.3 Å². The van der Waals surface area contributed by atoms with Crippen LogP contribution in [-0.2, 0) is 4.74 Å². The van der Waals surface area contributed by atoms with Gasteiger partial charge in [0.05, 0.1) is 18.8 Å². The summed E-state index contributed by atoms with van der Waals surface area (Å²) in [6.07, 6.45) is 0. The highest BCUT2D eigenvalue weighted by atomic mass is 32.1. The second-order valence-electron chi connectivity index (χ2n) is 4.86. The second kappa shape index (κ2) is 6.35. The summed E-state index contributed by atoms with van der Waals surface area (Å²) >= 11 is 1.62. The summed E-state index contributed by atoms with van der Waals surface area (Å²) in [7, 11) is 0. The van der Waals surface area contributed by atoms with Gasteiger partial charge in [-0.3, -0.25) is 9.69 Å². The average molecular weight is 290 g/mol. The molecule has 1 aliphatic heterocycles. The number of ether oxygens (including phenoxy) is 1. The summed E-state index contributed by atoms with van der Waals surface area (Å²) in [4.78, 5) is 14.5. The molecule has 0 unspecified atom stereocenters. The number of hydrogen-bond acceptors (Lipinski definition) is 4. The first kappa shape index (κ1) is 13.5. The largest absolute Gasteiger partial charge is 0.379 e. The van der Waals surface area contributed by atoms with E-state index < -0.39 is 0 Å². The maximum Gasteiger partial charge on any atom is 0.252 e. The van der Waals surface area contributed by atoms with Gasteiger partial charge >= 0.3 is 0 Å². The summed E-state index contributed by atoms with van der Waals surface area (Å²) in [5.74, 6) is 0.0238. The summed E-state index contributed by atoms with van der Waals surface area (Å²) in [6, 6.07) is 8.02. The fourth-order valence-corrected chi connectivity index (χ4v) is 3.34. The van der Waals surface area contributed by atoms with Crippen LogP contribution in [0.2, 0.25) is 0 Å². The van der Waals surface area contributed by atoms with Crippen molar-refractivity contribution in [3.05, 3.63) is 35.2 Å². The van der Waals surface area contributed by atoms with Gasteiger partial charge in [-0.1, -0.05) is 18.2 Å². The summed E-state index contributed by atoms with van der Waals surface area (Å²) < 4.78 is 6.46. The van der Waals surface area contributed by atoms with Crippen molar-refractivity contribution in [1.82, 2.24) is 10.2 Å². The predicted molar refractivity (Wildman–Crippen MR) is 81.4 cm³/mol. The third kappa shape index (κ3) is 3.00. The van der Waals surface area contributed by atoms with Gasteiger partial charge in [-0.25, -0.2) is 0 Å². The second-order valence-corrected chi connectivity index (χ2v) is 5.77. The van der Waals surface area contributed by atoms with Crippen molar-refractivity contribution in [1.29, 1.82) is 0 Å². The zero-order valence-electron chi connectivity index (χ0n) is 11.3. The smallest absolute Gasteiger partial charge is 0.252 e. The maximum absolute atomic E-state index is 12.2. The van der Waals surface area contributed by atoms with Gasteiger partial charge in [0.15, 0.2) is 0 Å². The molecule has 106 valence electrons. The van der Waals surface area contributed by atoms with E-state index in [0.717, 1.165) is 48.5 Å². The Kier molecular flexibility index (Phi) is 4.30. The van der Waals surface area contributed by atoms with Crippen LogP contribution < -0.4 is 5.32 Å². The lowest BCUT2D eigenvalue weighted by molar-refractivity contribution is 0.0383. The Labute approximate surface area is 122 Å². The fourth-order valence-electron chi connectivity index (χ4n) is 2.40. The molecule has 0 saturated carbocycles. The van der Waals surface area contributed by atoms with Gasteiger partial charge in [0.1, 0.15) is 0 Å². The van der Waals surface area contributed by atoms with Crippen molar-refractivity contribution in [2.75, 3.05) is 39.4 Å². The van der Waals surface area contributed by atoms with Crippen LogP contribution in [0, 0.1) is 0 Å². The van der Waals surface area contributed by atoms with Crippen molar-refractivity contribution in [2.24, 2.45) is 0 Å². The van der Waals surface area contributed by atoms with E-state index in [1.165, 1.54) is 0 Å². The molecular weight excluding hydrogens is 272 g/mol. The lowest BCUT2D eigenvalue weighted by Gasteiger charge is -2.26. The van der Waals surface area contributed by atoms with Crippen LogP contribution in [0.4, 0.5) is 0 Å². The monoisotopic (exact) mass is 290 g/mol. The first-order valence-corrected chi connectivity index (χ1v) is 7.77. The minimum Gasteiger partial charge on any atom is -0.379 e. The van der Waals surface area contributed by atoms with E-state index >= 15 is 0 Å². The zero-order valence-corrected chi connectivity index (χ0v) is 12.1. The normalized spacial score (nSPS) is 16.4. The molecule has 3 rings (SSSR count). The van der Waals surface area contributed by atoms with Crippen LogP contribution in [0.1, 0.15) is 10.4 Å². The lowest BCUT2D eigenvalue weighted by atomic mass is 10.1. The number of amides is 1. The number of morpholine rings is 1. The van der Waals surface area contributed by atoms with Gasteiger partial charge in [0.2, 0.25) is 0 Å². The molecular formula is C15H18N2O2S. The Balaban J connectivity index is 1.56. The molecule has 0 atom stereocenters. The maximum atomic E-state index is 12.2. The molecule has 0 aliphatic carbocycles. The first-order chi connectivity index (χ1) is 9.84. The van der Waals surface area contributed by atoms with Gasteiger partial charge in [-0.05, 0) is 6.07 Å². The van der Waals surface area contributed by atoms with Crippen LogP contribution in [-0.4, -0.2) is 50.2 Å². The first-order valence-electron chi connectivity index (χ1n) is 6.89. The van der Waals surface area contributed by atoms with Gasteiger partial charge in [-0.2, -0.15) is 0 Å². The van der Waals surface area contributed by atoms with E-state index in [2.05, 4.69) is 10.2 Å². The van der Waals surface area contributed by atoms with E-state index in [4.69, 9.17) is 4.74 Å². The number of nitrogens with zero attached hydrogens (tertiary/aromatic N) is 1. The molecule has 0 radical (unpaired) electrons. The number of carbonyl (C=O) groups is 1. The summed E-state index contributed by atoms with van der Waals surface area (Å²) in [5.41, 5.74) is 0.785. The number of benzene rings is 1. The SMILES string of the molecule is O=C(NCCN1CCOCC1)c1csc2ccccc12. The molecule has 1 aliphatic rings. The predicted octanol–water partition coefficient (Wildman–Crippen LogP) is 1.96. The molecule has 20 heavy (non-hydrogen) atoms. The van der Waals surface area contributed by atoms with Crippen molar-refractivity contribution >= 4 is 27.3 Å². The van der Waals surface area contributed by atoms with Crippen LogP contribution in [0.5, 0.6) is 0 Å². The Hall–Kier alpha value is -1.43. The van der Waals surface area contributed by atoms with E-state index in [0.29, 0.717) is 6.54 Å².